The molecule has 24 heavy (non-hydrogen) atoms. The molecule has 130 valence electrons. The fraction of sp³-hybridized carbons (Fsp3) is 0.450. The highest BCUT2D eigenvalue weighted by molar-refractivity contribution is 6.30. The smallest absolute Gasteiger partial charge is 0.0778 e. The van der Waals surface area contributed by atoms with Gasteiger partial charge < -0.3 is 5.84 Å². The van der Waals surface area contributed by atoms with Crippen LogP contribution in [0.25, 0.3) is 5.57 Å². The van der Waals surface area contributed by atoms with E-state index < -0.39 is 0 Å². The Hall–Kier alpha value is -2.23. The van der Waals surface area contributed by atoms with Gasteiger partial charge in [0.2, 0.25) is 0 Å². The monoisotopic (exact) mass is 326 g/mol. The molecule has 4 heteroatoms. The molecule has 1 aromatic carbocycles. The van der Waals surface area contributed by atoms with Crippen molar-refractivity contribution in [2.45, 2.75) is 46.5 Å². The summed E-state index contributed by atoms with van der Waals surface area (Å²) in [6.07, 6.45) is 5.75. The van der Waals surface area contributed by atoms with Gasteiger partial charge in [0, 0.05) is 19.0 Å². The molecule has 1 aromatic rings. The number of unbranched alkanes of at least 4 members (excludes halogenated alkanes) is 1. The lowest BCUT2D eigenvalue weighted by Crippen LogP contribution is -2.09. The van der Waals surface area contributed by atoms with Crippen LogP contribution in [-0.4, -0.2) is 31.2 Å². The lowest BCUT2D eigenvalue weighted by molar-refractivity contribution is 0.836. The molecular formula is C20H30N4. The molecular weight excluding hydrogens is 296 g/mol. The van der Waals surface area contributed by atoms with Crippen molar-refractivity contribution in [1.82, 2.24) is 0 Å². The van der Waals surface area contributed by atoms with E-state index in [4.69, 9.17) is 5.84 Å². The first-order chi connectivity index (χ1) is 11.7. The van der Waals surface area contributed by atoms with Crippen molar-refractivity contribution >= 4 is 23.2 Å². The van der Waals surface area contributed by atoms with E-state index in [1.165, 1.54) is 16.7 Å². The van der Waals surface area contributed by atoms with Crippen molar-refractivity contribution < 1.29 is 0 Å². The molecule has 1 rings (SSSR count). The summed E-state index contributed by atoms with van der Waals surface area (Å²) in [4.78, 5) is 9.04. The summed E-state index contributed by atoms with van der Waals surface area (Å²) < 4.78 is 0. The summed E-state index contributed by atoms with van der Waals surface area (Å²) in [6.45, 7) is 7.00. The first-order valence-electron chi connectivity index (χ1n) is 8.65. The molecule has 0 heterocycles. The van der Waals surface area contributed by atoms with Crippen LogP contribution in [0.15, 0.2) is 51.0 Å². The van der Waals surface area contributed by atoms with E-state index in [2.05, 4.69) is 60.1 Å². The molecule has 0 saturated heterocycles. The average Bonchev–Trinajstić information content (AvgIpc) is 2.64. The highest BCUT2D eigenvalue weighted by Crippen LogP contribution is 2.20. The maximum atomic E-state index is 5.45. The maximum absolute atomic E-state index is 5.45. The van der Waals surface area contributed by atoms with Gasteiger partial charge in [-0.1, -0.05) is 50.6 Å². The molecule has 0 atom stereocenters. The zero-order valence-electron chi connectivity index (χ0n) is 15.4. The summed E-state index contributed by atoms with van der Waals surface area (Å²) in [5.41, 5.74) is 5.54. The number of benzene rings is 1. The number of hydrogen-bond donors (Lipinski definition) is 1. The summed E-state index contributed by atoms with van der Waals surface area (Å²) in [5, 5.41) is 3.83. The maximum Gasteiger partial charge on any atom is 0.0778 e. The number of allylic oxidation sites excluding steroid dienone is 1. The zero-order chi connectivity index (χ0) is 17.8. The molecule has 0 amide bonds. The van der Waals surface area contributed by atoms with Gasteiger partial charge >= 0.3 is 0 Å². The second kappa shape index (κ2) is 11.3. The third-order valence-electron chi connectivity index (χ3n) is 4.05. The van der Waals surface area contributed by atoms with Crippen LogP contribution in [-0.2, 0) is 0 Å². The van der Waals surface area contributed by atoms with Gasteiger partial charge in [-0.3, -0.25) is 9.98 Å². The second-order valence-corrected chi connectivity index (χ2v) is 5.69. The van der Waals surface area contributed by atoms with Gasteiger partial charge in [0.25, 0.3) is 0 Å². The highest BCUT2D eigenvalue weighted by atomic mass is 15.1. The molecule has 0 unspecified atom stereocenters. The van der Waals surface area contributed by atoms with Gasteiger partial charge in [-0.2, -0.15) is 5.10 Å². The quantitative estimate of drug-likeness (QED) is 0.405. The summed E-state index contributed by atoms with van der Waals surface area (Å²) in [7, 11) is 1.84. The van der Waals surface area contributed by atoms with Gasteiger partial charge in [0.05, 0.1) is 12.3 Å². The number of hydrogen-bond acceptors (Lipinski definition) is 4. The van der Waals surface area contributed by atoms with E-state index in [0.29, 0.717) is 6.54 Å². The molecule has 0 saturated carbocycles. The van der Waals surface area contributed by atoms with Crippen LogP contribution in [0.2, 0.25) is 0 Å². The number of nitrogens with two attached hydrogens (primary N) is 1. The molecule has 0 aliphatic carbocycles. The Bertz CT molecular complexity index is 610. The van der Waals surface area contributed by atoms with Crippen molar-refractivity contribution in [3.8, 4) is 0 Å². The number of rotatable bonds is 9. The Morgan fingerprint density at radius 3 is 2.42 bits per heavy atom. The minimum Gasteiger partial charge on any atom is -0.323 e. The zero-order valence-corrected chi connectivity index (χ0v) is 15.4. The van der Waals surface area contributed by atoms with E-state index in [1.54, 1.807) is 6.21 Å². The third-order valence-corrected chi connectivity index (χ3v) is 4.05. The summed E-state index contributed by atoms with van der Waals surface area (Å²) in [6, 6.07) is 10.4. The second-order valence-electron chi connectivity index (χ2n) is 5.69. The standard InChI is InChI=1S/C20H30N4/c1-5-7-13-18(24-21)14-23-15-19(20(6-2)22-4)16(3)17-11-9-8-10-12-17/h8-12,14H,5-7,13,15,21H2,1-4H3/b19-16+,22-20?,23-14?,24-18-. The first kappa shape index (κ1) is 19.8. The van der Waals surface area contributed by atoms with Crippen molar-refractivity contribution in [2.75, 3.05) is 13.6 Å². The molecule has 0 spiro atoms. The largest absolute Gasteiger partial charge is 0.323 e. The van der Waals surface area contributed by atoms with Crippen LogP contribution >= 0.6 is 0 Å². The van der Waals surface area contributed by atoms with Crippen LogP contribution in [0.4, 0.5) is 0 Å². The Balaban J connectivity index is 3.04. The Morgan fingerprint density at radius 2 is 1.88 bits per heavy atom. The van der Waals surface area contributed by atoms with Crippen LogP contribution < -0.4 is 5.84 Å². The van der Waals surface area contributed by atoms with Crippen LogP contribution in [0.3, 0.4) is 0 Å². The molecule has 0 aliphatic heterocycles. The summed E-state index contributed by atoms with van der Waals surface area (Å²) in [5.74, 6) is 5.45. The number of aliphatic imine (C=N–C) groups is 2. The number of hydrazone groups is 1. The average molecular weight is 326 g/mol. The molecule has 0 aliphatic rings. The van der Waals surface area contributed by atoms with Crippen LogP contribution in [0, 0.1) is 0 Å². The van der Waals surface area contributed by atoms with Crippen molar-refractivity contribution in [3.05, 3.63) is 41.5 Å². The summed E-state index contributed by atoms with van der Waals surface area (Å²) >= 11 is 0. The van der Waals surface area contributed by atoms with E-state index in [-0.39, 0.29) is 0 Å². The Morgan fingerprint density at radius 1 is 1.17 bits per heavy atom. The van der Waals surface area contributed by atoms with E-state index >= 15 is 0 Å². The predicted molar refractivity (Wildman–Crippen MR) is 107 cm³/mol. The fourth-order valence-corrected chi connectivity index (χ4v) is 2.56. The Kier molecular flexibility index (Phi) is 9.35. The number of nitrogens with zero attached hydrogens (tertiary/aromatic N) is 3. The topological polar surface area (TPSA) is 63.1 Å². The van der Waals surface area contributed by atoms with Crippen molar-refractivity contribution in [3.63, 3.8) is 0 Å². The highest BCUT2D eigenvalue weighted by Gasteiger charge is 2.10. The first-order valence-corrected chi connectivity index (χ1v) is 8.65. The van der Waals surface area contributed by atoms with Crippen molar-refractivity contribution in [2.24, 2.45) is 20.9 Å². The van der Waals surface area contributed by atoms with Gasteiger partial charge in [0.15, 0.2) is 0 Å². The van der Waals surface area contributed by atoms with Crippen LogP contribution in [0.1, 0.15) is 52.0 Å². The van der Waals surface area contributed by atoms with Crippen molar-refractivity contribution in [1.29, 1.82) is 0 Å². The predicted octanol–water partition coefficient (Wildman–Crippen LogP) is 4.52. The normalized spacial score (nSPS) is 14.2. The molecule has 0 aromatic heterocycles. The molecule has 4 nitrogen and oxygen atoms in total. The third kappa shape index (κ3) is 6.11. The minimum atomic E-state index is 0.590. The SMILES string of the molecule is CCCC/C(C=NC/C(C(CC)=NC)=C(/C)c1ccccc1)=N/N. The van der Waals surface area contributed by atoms with Gasteiger partial charge in [-0.25, -0.2) is 0 Å². The van der Waals surface area contributed by atoms with Gasteiger partial charge in [0.1, 0.15) is 0 Å². The molecule has 0 bridgehead atoms. The Labute approximate surface area is 146 Å². The lowest BCUT2D eigenvalue weighted by atomic mass is 9.97. The molecule has 0 fully saturated rings. The van der Waals surface area contributed by atoms with E-state index in [1.807, 2.05) is 13.1 Å². The minimum absolute atomic E-state index is 0.590. The molecule has 2 N–H and O–H groups in total. The van der Waals surface area contributed by atoms with E-state index in [0.717, 1.165) is 37.1 Å². The van der Waals surface area contributed by atoms with Crippen LogP contribution in [0.5, 0.6) is 0 Å². The van der Waals surface area contributed by atoms with E-state index in [9.17, 15) is 0 Å². The fourth-order valence-electron chi connectivity index (χ4n) is 2.56. The molecule has 0 radical (unpaired) electrons. The van der Waals surface area contributed by atoms with Gasteiger partial charge in [-0.15, -0.1) is 0 Å². The lowest BCUT2D eigenvalue weighted by Gasteiger charge is -2.12. The van der Waals surface area contributed by atoms with Gasteiger partial charge in [-0.05, 0) is 42.9 Å².